The number of nitrogens with one attached hydrogen (secondary N) is 3. The van der Waals surface area contributed by atoms with Crippen LogP contribution in [0.1, 0.15) is 6.42 Å². The van der Waals surface area contributed by atoms with Crippen molar-refractivity contribution in [1.29, 1.82) is 0 Å². The third kappa shape index (κ3) is 14.7. The summed E-state index contributed by atoms with van der Waals surface area (Å²) in [5, 5.41) is 41.6. The van der Waals surface area contributed by atoms with Gasteiger partial charge in [0.15, 0.2) is 17.0 Å². The molecule has 23 nitrogen and oxygen atoms in total. The van der Waals surface area contributed by atoms with Crippen molar-refractivity contribution in [3.05, 3.63) is 25.2 Å². The van der Waals surface area contributed by atoms with E-state index in [1.54, 1.807) is 48.4 Å². The number of alkyl halides is 1. The molecule has 0 spiro atoms. The van der Waals surface area contributed by atoms with Gasteiger partial charge in [-0.25, -0.2) is 9.37 Å². The minimum Gasteiger partial charge on any atom is -0.480 e. The second-order valence-electron chi connectivity index (χ2n) is 14.6. The number of aryl methyl sites for hydroxylation is 2. The number of carbonyl (C=O) groups is 5. The van der Waals surface area contributed by atoms with Crippen molar-refractivity contribution >= 4 is 58.3 Å². The number of aromatic nitrogens is 6. The zero-order valence-electron chi connectivity index (χ0n) is 34.0. The summed E-state index contributed by atoms with van der Waals surface area (Å²) >= 11 is 0. The number of carboxylic acid groups (broad SMARTS) is 3. The summed E-state index contributed by atoms with van der Waals surface area (Å²) in [5.74, 6) is -3.01. The Labute approximate surface area is 380 Å². The Hall–Kier alpha value is -4.75. The van der Waals surface area contributed by atoms with Crippen LogP contribution in [0.25, 0.3) is 11.2 Å². The van der Waals surface area contributed by atoms with Crippen LogP contribution in [0.15, 0.2) is 25.2 Å². The number of amides is 2. The molecule has 0 bridgehead atoms. The van der Waals surface area contributed by atoms with Gasteiger partial charge in [0.1, 0.15) is 11.9 Å². The van der Waals surface area contributed by atoms with E-state index in [9.17, 15) is 43.7 Å². The minimum absolute atomic E-state index is 0. The smallest absolute Gasteiger partial charge is 0.317 e. The monoisotopic (exact) mass is 1020 g/mol. The Kier molecular flexibility index (Phi) is 18.8. The quantitative estimate of drug-likeness (QED) is 0.0602. The predicted molar refractivity (Wildman–Crippen MR) is 214 cm³/mol. The van der Waals surface area contributed by atoms with E-state index >= 15 is 0 Å². The van der Waals surface area contributed by atoms with E-state index in [0.29, 0.717) is 68.4 Å². The van der Waals surface area contributed by atoms with Crippen molar-refractivity contribution < 1.29 is 85.3 Å². The number of anilines is 3. The van der Waals surface area contributed by atoms with Crippen molar-refractivity contribution in [3.63, 3.8) is 0 Å². The topological polar surface area (TPSA) is 269 Å². The van der Waals surface area contributed by atoms with Gasteiger partial charge in [0, 0.05) is 116 Å². The van der Waals surface area contributed by atoms with E-state index in [1.165, 1.54) is 7.11 Å². The third-order valence-corrected chi connectivity index (χ3v) is 10.0. The van der Waals surface area contributed by atoms with Crippen LogP contribution in [0.4, 0.5) is 21.8 Å². The third-order valence-electron chi connectivity index (χ3n) is 10.0. The van der Waals surface area contributed by atoms with E-state index in [1.807, 2.05) is 4.90 Å². The second-order valence-corrected chi connectivity index (χ2v) is 14.6. The van der Waals surface area contributed by atoms with Crippen LogP contribution in [0, 0.1) is 36.9 Å². The van der Waals surface area contributed by atoms with Crippen LogP contribution in [0.3, 0.4) is 0 Å². The molecule has 61 heavy (non-hydrogen) atoms. The number of nitrogens with zero attached hydrogens (tertiary/aromatic N) is 11. The molecule has 2 aliphatic heterocycles. The van der Waals surface area contributed by atoms with E-state index in [2.05, 4.69) is 42.6 Å². The van der Waals surface area contributed by atoms with E-state index in [0.717, 1.165) is 6.08 Å². The fraction of sp³-hybridized carbons (Fsp3) is 0.583. The number of rotatable bonds is 18. The number of aliphatic carboxylic acids is 3. The van der Waals surface area contributed by atoms with Crippen LogP contribution in [-0.2, 0) is 37.6 Å². The molecule has 2 atom stereocenters. The first-order chi connectivity index (χ1) is 28.7. The number of ether oxygens (including phenoxy) is 1. The molecule has 2 amide bonds. The van der Waals surface area contributed by atoms with Crippen molar-refractivity contribution in [1.82, 2.24) is 59.5 Å². The Morgan fingerprint density at radius 1 is 0.885 bits per heavy atom. The molecule has 2 saturated heterocycles. The summed E-state index contributed by atoms with van der Waals surface area (Å²) in [6, 6.07) is -0.766. The SMILES string of the molecule is C=CC(=O)N[C@@H]1CN(c2nc(Nc3cn(CCCNC(=O)CN4CCN(CC(=O)O)CCN(CC(=O)O)CCN(CC(=O)O)CC4)nc3OC)c3ncn(C)c3n2)C[C@H]1F.[Lu]. The molecule has 1 radical (unpaired) electrons. The van der Waals surface area contributed by atoms with Crippen LogP contribution in [0.2, 0.25) is 0 Å². The van der Waals surface area contributed by atoms with Gasteiger partial charge in [-0.3, -0.25) is 48.3 Å². The Morgan fingerprint density at radius 2 is 1.44 bits per heavy atom. The zero-order valence-corrected chi connectivity index (χ0v) is 35.6. The van der Waals surface area contributed by atoms with E-state index < -0.39 is 36.0 Å². The number of fused-ring (bicyclic) bond motifs is 1. The molecule has 2 fully saturated rings. The molecule has 0 saturated carbocycles. The molecular formula is C36H53FLuN14O9. The van der Waals surface area contributed by atoms with Crippen LogP contribution in [-0.4, -0.2) is 211 Å². The Morgan fingerprint density at radius 3 is 1.97 bits per heavy atom. The van der Waals surface area contributed by atoms with Gasteiger partial charge in [-0.15, -0.1) is 5.10 Å². The van der Waals surface area contributed by atoms with Gasteiger partial charge in [-0.2, -0.15) is 9.97 Å². The fourth-order valence-electron chi connectivity index (χ4n) is 6.92. The molecule has 0 aromatic carbocycles. The number of hydrogen-bond acceptors (Lipinski definition) is 16. The van der Waals surface area contributed by atoms with E-state index in [4.69, 9.17) is 4.74 Å². The van der Waals surface area contributed by atoms with E-state index in [-0.39, 0.29) is 120 Å². The Balaban J connectivity index is 0.00000819. The van der Waals surface area contributed by atoms with Crippen LogP contribution < -0.4 is 25.6 Å². The first kappa shape index (κ1) is 48.9. The summed E-state index contributed by atoms with van der Waals surface area (Å²) in [6.07, 6.45) is 3.53. The summed E-state index contributed by atoms with van der Waals surface area (Å²) in [4.78, 5) is 81.9. The first-order valence-electron chi connectivity index (χ1n) is 19.4. The van der Waals surface area contributed by atoms with Crippen LogP contribution >= 0.6 is 0 Å². The number of hydrogen-bond donors (Lipinski definition) is 6. The van der Waals surface area contributed by atoms with Gasteiger partial charge >= 0.3 is 17.9 Å². The molecule has 3 aromatic rings. The molecule has 0 unspecified atom stereocenters. The molecule has 3 aromatic heterocycles. The van der Waals surface area contributed by atoms with Crippen molar-refractivity contribution in [2.45, 2.75) is 25.2 Å². The van der Waals surface area contributed by atoms with Gasteiger partial charge in [-0.1, -0.05) is 6.58 Å². The average Bonchev–Trinajstić information content (AvgIpc) is 3.89. The van der Waals surface area contributed by atoms with Crippen molar-refractivity contribution in [2.75, 3.05) is 115 Å². The number of methoxy groups -OCH3 is 1. The fourth-order valence-corrected chi connectivity index (χ4v) is 6.92. The average molecular weight is 1020 g/mol. The molecular weight excluding hydrogens is 966 g/mol. The maximum atomic E-state index is 14.9. The summed E-state index contributed by atoms with van der Waals surface area (Å²) in [6.45, 7) is 5.81. The summed E-state index contributed by atoms with van der Waals surface area (Å²) in [5.41, 5.74) is 1.42. The van der Waals surface area contributed by atoms with Gasteiger partial charge in [-0.05, 0) is 12.5 Å². The van der Waals surface area contributed by atoms with Crippen LogP contribution in [0.5, 0.6) is 5.88 Å². The zero-order chi connectivity index (χ0) is 43.3. The van der Waals surface area contributed by atoms with Gasteiger partial charge in [0.25, 0.3) is 5.88 Å². The predicted octanol–water partition coefficient (Wildman–Crippen LogP) is -1.88. The molecule has 0 aliphatic carbocycles. The molecule has 6 N–H and O–H groups in total. The second kappa shape index (κ2) is 23.5. The molecule has 2 aliphatic rings. The minimum atomic E-state index is -1.35. The molecule has 5 rings (SSSR count). The largest absolute Gasteiger partial charge is 0.480 e. The number of carbonyl (C=O) groups excluding carboxylic acids is 2. The summed E-state index contributed by atoms with van der Waals surface area (Å²) in [7, 11) is 3.24. The summed E-state index contributed by atoms with van der Waals surface area (Å²) < 4.78 is 23.8. The number of halogens is 1. The maximum absolute atomic E-state index is 14.9. The number of imidazole rings is 1. The Bertz CT molecular complexity index is 1970. The van der Waals surface area contributed by atoms with Gasteiger partial charge < -0.3 is 45.5 Å². The van der Waals surface area contributed by atoms with Crippen molar-refractivity contribution in [3.8, 4) is 5.88 Å². The number of carboxylic acids is 3. The molecule has 343 valence electrons. The molecule has 5 heterocycles. The standard InChI is InChI=1S/C36H53FN14O9.Lu/c1-4-27(52)40-25-17-50(16-24(25)37)36-42-33(32-34(43-36)45(2)23-39-32)41-26-18-51(44-35(26)60-3)7-5-6-38-28(53)19-46-8-10-47(20-29(54)55)12-14-49(22-31(58)59)15-13-48(11-9-46)21-30(56)57;/h4,18,23-25H,1,5-17,19-22H2,2-3H3,(H,38,53)(H,40,52)(H,54,55)(H,56,57)(H,58,59)(H,41,42,43);/t24-,25-;/m1./s1. The van der Waals surface area contributed by atoms with Gasteiger partial charge in [0.05, 0.1) is 58.4 Å². The maximum Gasteiger partial charge on any atom is 0.317 e. The normalized spacial score (nSPS) is 18.7. The van der Waals surface area contributed by atoms with Crippen molar-refractivity contribution in [2.24, 2.45) is 7.05 Å². The van der Waals surface area contributed by atoms with Gasteiger partial charge in [0.2, 0.25) is 17.8 Å². The molecule has 25 heteroatoms. The first-order valence-corrected chi connectivity index (χ1v) is 19.4.